The van der Waals surface area contributed by atoms with Gasteiger partial charge in [0.1, 0.15) is 11.6 Å². The van der Waals surface area contributed by atoms with Gasteiger partial charge in [0.05, 0.1) is 41.6 Å². The Bertz CT molecular complexity index is 2650. The third-order valence-electron chi connectivity index (χ3n) is 13.4. The van der Waals surface area contributed by atoms with Crippen LogP contribution < -0.4 is 15.1 Å². The summed E-state index contributed by atoms with van der Waals surface area (Å²) in [6, 6.07) is 16.2. The topological polar surface area (TPSA) is 129 Å². The van der Waals surface area contributed by atoms with E-state index >= 15 is 8.78 Å². The van der Waals surface area contributed by atoms with Crippen LogP contribution in [0.5, 0.6) is 0 Å². The molecule has 0 radical (unpaired) electrons. The molecule has 2 aromatic heterocycles. The lowest BCUT2D eigenvalue weighted by atomic mass is 9.88. The van der Waals surface area contributed by atoms with Gasteiger partial charge in [-0.05, 0) is 90.8 Å². The minimum Gasteiger partial charge on any atom is -0.367 e. The number of hydrogen-bond donors (Lipinski definition) is 1. The van der Waals surface area contributed by atoms with Gasteiger partial charge in [-0.2, -0.15) is 0 Å². The van der Waals surface area contributed by atoms with Gasteiger partial charge in [-0.25, -0.2) is 8.78 Å². The molecule has 1 N–H and O–H groups in total. The number of imide groups is 1. The Morgan fingerprint density at radius 3 is 2.50 bits per heavy atom. The molecule has 62 heavy (non-hydrogen) atoms. The van der Waals surface area contributed by atoms with Gasteiger partial charge < -0.3 is 24.2 Å². The maximum atomic E-state index is 16.6. The summed E-state index contributed by atoms with van der Waals surface area (Å²) in [6.07, 6.45) is 9.43. The van der Waals surface area contributed by atoms with E-state index < -0.39 is 17.6 Å². The van der Waals surface area contributed by atoms with E-state index in [4.69, 9.17) is 0 Å². The van der Waals surface area contributed by atoms with Gasteiger partial charge in [0.25, 0.3) is 5.91 Å². The summed E-state index contributed by atoms with van der Waals surface area (Å²) in [5, 5.41) is 11.1. The molecule has 3 saturated heterocycles. The van der Waals surface area contributed by atoms with Crippen molar-refractivity contribution in [1.29, 1.82) is 0 Å². The lowest BCUT2D eigenvalue weighted by Crippen LogP contribution is -2.56. The van der Waals surface area contributed by atoms with Crippen molar-refractivity contribution in [3.8, 4) is 11.1 Å². The van der Waals surface area contributed by atoms with Crippen molar-refractivity contribution >= 4 is 51.5 Å². The van der Waals surface area contributed by atoms with Gasteiger partial charge in [0.15, 0.2) is 0 Å². The number of aryl methyl sites for hydroxylation is 1. The van der Waals surface area contributed by atoms with Gasteiger partial charge in [-0.3, -0.25) is 29.2 Å². The number of anilines is 2. The third kappa shape index (κ3) is 7.40. The molecule has 4 aliphatic heterocycles. The number of hydrogen-bond acceptors (Lipinski definition) is 8. The van der Waals surface area contributed by atoms with E-state index in [9.17, 15) is 19.2 Å². The summed E-state index contributed by atoms with van der Waals surface area (Å²) >= 11 is 0. The summed E-state index contributed by atoms with van der Waals surface area (Å²) < 4.78 is 36.2. The molecule has 4 fully saturated rings. The van der Waals surface area contributed by atoms with Gasteiger partial charge in [-0.15, -0.1) is 5.10 Å². The number of piperidine rings is 1. The van der Waals surface area contributed by atoms with E-state index in [1.165, 1.54) is 6.07 Å². The molecule has 10 rings (SSSR count). The fraction of sp³-hybridized carbons (Fsp3) is 0.404. The Morgan fingerprint density at radius 1 is 0.935 bits per heavy atom. The molecule has 1 saturated carbocycles. The van der Waals surface area contributed by atoms with Crippen molar-refractivity contribution in [1.82, 2.24) is 34.7 Å². The number of carbonyl (C=O) groups is 4. The Labute approximate surface area is 357 Å². The van der Waals surface area contributed by atoms with Crippen molar-refractivity contribution in [2.75, 3.05) is 56.6 Å². The van der Waals surface area contributed by atoms with Crippen LogP contribution in [0.2, 0.25) is 0 Å². The molecule has 320 valence electrons. The summed E-state index contributed by atoms with van der Waals surface area (Å²) in [5.41, 5.74) is 6.42. The second kappa shape index (κ2) is 15.8. The largest absolute Gasteiger partial charge is 0.367 e. The van der Waals surface area contributed by atoms with Crippen molar-refractivity contribution < 1.29 is 28.0 Å². The number of halogens is 2. The first-order valence-electron chi connectivity index (χ1n) is 21.6. The minimum atomic E-state index is -0.565. The Hall–Kier alpha value is -6.38. The van der Waals surface area contributed by atoms with Crippen molar-refractivity contribution in [2.45, 2.75) is 63.6 Å². The van der Waals surface area contributed by atoms with Crippen LogP contribution in [0.1, 0.15) is 66.1 Å². The molecule has 0 spiro atoms. The van der Waals surface area contributed by atoms with Gasteiger partial charge >= 0.3 is 0 Å². The average Bonchev–Trinajstić information content (AvgIpc) is 3.61. The lowest BCUT2D eigenvalue weighted by Gasteiger charge is -2.45. The first-order chi connectivity index (χ1) is 30.0. The molecular weight excluding hydrogens is 793 g/mol. The van der Waals surface area contributed by atoms with E-state index in [1.807, 2.05) is 39.0 Å². The number of fused-ring (bicyclic) bond motifs is 2. The van der Waals surface area contributed by atoms with Gasteiger partial charge in [-0.1, -0.05) is 23.4 Å². The maximum Gasteiger partial charge on any atom is 0.253 e. The molecule has 5 aromatic rings. The van der Waals surface area contributed by atoms with E-state index in [2.05, 4.69) is 32.3 Å². The fourth-order valence-electron chi connectivity index (χ4n) is 9.92. The second-order valence-electron chi connectivity index (χ2n) is 17.8. The SMILES string of the molecule is CN(C)C(=O)c1cc(-c2ccc(N3C[C@@H]4CN(c5ccc(C6CCC(=O)NC6=O)cc5F)[C@@H]4C3)c(F)c2)c2c(c1)cc(C1=CCCN(C(=O)CCn3ccnn3)C1)n2CC1CC1. The Morgan fingerprint density at radius 2 is 1.76 bits per heavy atom. The zero-order valence-electron chi connectivity index (χ0n) is 34.9. The van der Waals surface area contributed by atoms with Gasteiger partial charge in [0.2, 0.25) is 17.7 Å². The van der Waals surface area contributed by atoms with Crippen molar-refractivity contribution in [2.24, 2.45) is 11.8 Å². The highest BCUT2D eigenvalue weighted by Gasteiger charge is 2.47. The zero-order valence-corrected chi connectivity index (χ0v) is 34.9. The number of aromatic nitrogens is 4. The predicted octanol–water partition coefficient (Wildman–Crippen LogP) is 5.84. The third-order valence-corrected chi connectivity index (χ3v) is 13.4. The monoisotopic (exact) mass is 841 g/mol. The molecule has 1 aliphatic carbocycles. The van der Waals surface area contributed by atoms with Crippen LogP contribution in [0, 0.1) is 23.5 Å². The van der Waals surface area contributed by atoms with Crippen molar-refractivity contribution in [3.63, 3.8) is 0 Å². The molecule has 15 heteroatoms. The highest BCUT2D eigenvalue weighted by Crippen LogP contribution is 2.43. The predicted molar refractivity (Wildman–Crippen MR) is 230 cm³/mol. The molecule has 0 bridgehead atoms. The van der Waals surface area contributed by atoms with Crippen LogP contribution >= 0.6 is 0 Å². The number of rotatable bonds is 11. The second-order valence-corrected chi connectivity index (χ2v) is 17.8. The normalized spacial score (nSPS) is 21.2. The van der Waals surface area contributed by atoms with Crippen LogP contribution in [0.4, 0.5) is 20.2 Å². The highest BCUT2D eigenvalue weighted by molar-refractivity contribution is 6.05. The van der Waals surface area contributed by atoms with Crippen LogP contribution in [-0.4, -0.2) is 106 Å². The van der Waals surface area contributed by atoms with Gasteiger partial charge in [0, 0.05) is 101 Å². The van der Waals surface area contributed by atoms with E-state index in [-0.39, 0.29) is 41.9 Å². The van der Waals surface area contributed by atoms with E-state index in [0.717, 1.165) is 53.5 Å². The standard InChI is InChI=1S/C47H49F2N9O4/c1-53(2)47(62)33-18-32-22-41(31-4-3-15-54(24-31)44(60)13-16-56-17-14-50-52-56)58(23-28-5-6-28)45(32)36(19-33)30-7-10-39(37(48)21-30)55-25-34-26-57(42(34)27-55)40-11-8-29(20-38(40)49)35-9-12-43(59)51-46(35)61/h4,7-8,10-11,14,17-22,28,34-35,42H,3,5-6,9,12-13,15-16,23-27H2,1-2H3,(H,51,59,61)/t34-,35?,42-/m1/s1. The summed E-state index contributed by atoms with van der Waals surface area (Å²) in [5.74, 6) is -1.42. The quantitative estimate of drug-likeness (QED) is 0.165. The summed E-state index contributed by atoms with van der Waals surface area (Å²) in [7, 11) is 3.45. The average molecular weight is 842 g/mol. The number of amides is 4. The van der Waals surface area contributed by atoms with Crippen LogP contribution in [-0.2, 0) is 27.5 Å². The number of nitrogens with zero attached hydrogens (tertiary/aromatic N) is 8. The van der Waals surface area contributed by atoms with E-state index in [1.54, 1.807) is 54.3 Å². The first-order valence-corrected chi connectivity index (χ1v) is 21.6. The van der Waals surface area contributed by atoms with Crippen molar-refractivity contribution in [3.05, 3.63) is 102 Å². The molecule has 3 aromatic carbocycles. The first kappa shape index (κ1) is 39.7. The highest BCUT2D eigenvalue weighted by atomic mass is 19.1. The molecule has 4 amide bonds. The molecule has 13 nitrogen and oxygen atoms in total. The minimum absolute atomic E-state index is 0.00324. The fourth-order valence-corrected chi connectivity index (χ4v) is 9.92. The molecular formula is C47H49F2N9O4. The summed E-state index contributed by atoms with van der Waals surface area (Å²) in [4.78, 5) is 58.6. The number of benzene rings is 3. The lowest BCUT2D eigenvalue weighted by molar-refractivity contribution is -0.134. The molecule has 1 unspecified atom stereocenters. The Kier molecular flexibility index (Phi) is 10.1. The Balaban J connectivity index is 0.927. The van der Waals surface area contributed by atoms with E-state index in [0.29, 0.717) is 86.1 Å². The molecule has 5 aliphatic rings. The number of carbonyl (C=O) groups excluding carboxylic acids is 4. The zero-order chi connectivity index (χ0) is 42.8. The summed E-state index contributed by atoms with van der Waals surface area (Å²) in [6.45, 7) is 4.12. The van der Waals surface area contributed by atoms with Crippen LogP contribution in [0.15, 0.2) is 73.1 Å². The molecule has 6 heterocycles. The maximum absolute atomic E-state index is 16.6. The van der Waals surface area contributed by atoms with Crippen LogP contribution in [0.25, 0.3) is 27.6 Å². The number of nitrogens with one attached hydrogen (secondary N) is 1. The van der Waals surface area contributed by atoms with Crippen LogP contribution in [0.3, 0.4) is 0 Å². The smallest absolute Gasteiger partial charge is 0.253 e. The molecule has 3 atom stereocenters.